The Bertz CT molecular complexity index is 466. The van der Waals surface area contributed by atoms with E-state index in [1.54, 1.807) is 19.5 Å². The molecule has 0 saturated heterocycles. The zero-order chi connectivity index (χ0) is 11.4. The van der Waals surface area contributed by atoms with Crippen molar-refractivity contribution in [2.45, 2.75) is 6.92 Å². The van der Waals surface area contributed by atoms with Crippen LogP contribution >= 0.6 is 0 Å². The van der Waals surface area contributed by atoms with E-state index >= 15 is 0 Å². The van der Waals surface area contributed by atoms with Gasteiger partial charge in [-0.1, -0.05) is 0 Å². The predicted octanol–water partition coefficient (Wildman–Crippen LogP) is 3.19. The third kappa shape index (κ3) is 2.31. The lowest BCUT2D eigenvalue weighted by Crippen LogP contribution is -1.88. The summed E-state index contributed by atoms with van der Waals surface area (Å²) in [6, 6.07) is 9.37. The van der Waals surface area contributed by atoms with Crippen LogP contribution in [-0.2, 0) is 0 Å². The number of ether oxygens (including phenoxy) is 2. The first kappa shape index (κ1) is 10.5. The second kappa shape index (κ2) is 4.66. The fourth-order valence-corrected chi connectivity index (χ4v) is 1.33. The molecule has 0 saturated carbocycles. The predicted molar refractivity (Wildman–Crippen MR) is 62.0 cm³/mol. The Morgan fingerprint density at radius 2 is 1.69 bits per heavy atom. The van der Waals surface area contributed by atoms with Gasteiger partial charge in [-0.15, -0.1) is 0 Å². The van der Waals surface area contributed by atoms with Gasteiger partial charge in [-0.05, 0) is 42.8 Å². The van der Waals surface area contributed by atoms with Gasteiger partial charge >= 0.3 is 0 Å². The van der Waals surface area contributed by atoms with E-state index in [4.69, 9.17) is 9.47 Å². The number of hydrogen-bond acceptors (Lipinski definition) is 3. The Hall–Kier alpha value is -2.03. The minimum atomic E-state index is 0.771. The molecule has 3 nitrogen and oxygen atoms in total. The number of methoxy groups -OCH3 is 1. The molecule has 3 heteroatoms. The van der Waals surface area contributed by atoms with E-state index in [9.17, 15) is 0 Å². The van der Waals surface area contributed by atoms with E-state index in [-0.39, 0.29) is 0 Å². The Balaban J connectivity index is 2.18. The molecule has 2 aromatic rings. The molecule has 0 amide bonds. The van der Waals surface area contributed by atoms with E-state index in [2.05, 4.69) is 4.98 Å². The van der Waals surface area contributed by atoms with Gasteiger partial charge in [-0.3, -0.25) is 4.98 Å². The molecule has 0 bridgehead atoms. The Morgan fingerprint density at radius 1 is 1.00 bits per heavy atom. The van der Waals surface area contributed by atoms with Gasteiger partial charge < -0.3 is 9.47 Å². The van der Waals surface area contributed by atoms with Crippen LogP contribution < -0.4 is 9.47 Å². The van der Waals surface area contributed by atoms with Crippen LogP contribution in [-0.4, -0.2) is 12.1 Å². The van der Waals surface area contributed by atoms with Gasteiger partial charge in [-0.2, -0.15) is 0 Å². The Kier molecular flexibility index (Phi) is 3.05. The molecule has 2 rings (SSSR count). The van der Waals surface area contributed by atoms with Gasteiger partial charge in [0.2, 0.25) is 0 Å². The largest absolute Gasteiger partial charge is 0.497 e. The molecule has 1 aromatic carbocycles. The van der Waals surface area contributed by atoms with Crippen molar-refractivity contribution in [3.05, 3.63) is 48.3 Å². The number of nitrogens with zero attached hydrogens (tertiary/aromatic N) is 1. The lowest BCUT2D eigenvalue weighted by molar-refractivity contribution is 0.412. The van der Waals surface area contributed by atoms with Crippen molar-refractivity contribution in [2.75, 3.05) is 7.11 Å². The number of pyridine rings is 1. The van der Waals surface area contributed by atoms with E-state index in [1.165, 1.54) is 0 Å². The van der Waals surface area contributed by atoms with Crippen molar-refractivity contribution in [3.8, 4) is 17.2 Å². The van der Waals surface area contributed by atoms with E-state index in [0.717, 1.165) is 22.8 Å². The molecule has 0 aliphatic rings. The van der Waals surface area contributed by atoms with Crippen LogP contribution in [0.3, 0.4) is 0 Å². The number of aromatic nitrogens is 1. The molecule has 82 valence electrons. The average Bonchev–Trinajstić information content (AvgIpc) is 2.33. The van der Waals surface area contributed by atoms with Crippen molar-refractivity contribution in [3.63, 3.8) is 0 Å². The molecule has 0 N–H and O–H groups in total. The van der Waals surface area contributed by atoms with Gasteiger partial charge in [0.05, 0.1) is 13.3 Å². The summed E-state index contributed by atoms with van der Waals surface area (Å²) in [4.78, 5) is 4.03. The second-order valence-electron chi connectivity index (χ2n) is 3.42. The minimum absolute atomic E-state index is 0.771. The van der Waals surface area contributed by atoms with Crippen LogP contribution in [0.4, 0.5) is 0 Å². The van der Waals surface area contributed by atoms with Gasteiger partial charge in [-0.25, -0.2) is 0 Å². The molecular weight excluding hydrogens is 202 g/mol. The van der Waals surface area contributed by atoms with Crippen LogP contribution in [0.25, 0.3) is 0 Å². The summed E-state index contributed by atoms with van der Waals surface area (Å²) < 4.78 is 10.8. The maximum atomic E-state index is 5.69. The number of hydrogen-bond donors (Lipinski definition) is 0. The summed E-state index contributed by atoms with van der Waals surface area (Å²) in [7, 11) is 1.64. The highest BCUT2D eigenvalue weighted by atomic mass is 16.5. The fraction of sp³-hybridized carbons (Fsp3) is 0.154. The zero-order valence-electron chi connectivity index (χ0n) is 9.31. The van der Waals surface area contributed by atoms with Gasteiger partial charge in [0.15, 0.2) is 0 Å². The Morgan fingerprint density at radius 3 is 2.31 bits per heavy atom. The molecule has 0 unspecified atom stereocenters. The number of benzene rings is 1. The van der Waals surface area contributed by atoms with Gasteiger partial charge in [0.1, 0.15) is 17.2 Å². The highest BCUT2D eigenvalue weighted by molar-refractivity contribution is 5.37. The molecule has 0 aliphatic heterocycles. The quantitative estimate of drug-likeness (QED) is 0.787. The average molecular weight is 215 g/mol. The highest BCUT2D eigenvalue weighted by Crippen LogP contribution is 2.25. The summed E-state index contributed by atoms with van der Waals surface area (Å²) in [5, 5.41) is 0. The smallest absolute Gasteiger partial charge is 0.148 e. The maximum absolute atomic E-state index is 5.69. The fourth-order valence-electron chi connectivity index (χ4n) is 1.33. The molecule has 0 fully saturated rings. The SMILES string of the molecule is COc1ccc(Oc2cnccc2C)cc1. The van der Waals surface area contributed by atoms with Gasteiger partial charge in [0, 0.05) is 6.20 Å². The summed E-state index contributed by atoms with van der Waals surface area (Å²) in [6.07, 6.45) is 3.45. The molecule has 1 heterocycles. The maximum Gasteiger partial charge on any atom is 0.148 e. The topological polar surface area (TPSA) is 31.4 Å². The summed E-state index contributed by atoms with van der Waals surface area (Å²) in [5.41, 5.74) is 1.06. The molecule has 0 spiro atoms. The van der Waals surface area contributed by atoms with Crippen LogP contribution in [0, 0.1) is 6.92 Å². The first-order valence-electron chi connectivity index (χ1n) is 5.02. The van der Waals surface area contributed by atoms with E-state index < -0.39 is 0 Å². The number of aryl methyl sites for hydroxylation is 1. The standard InChI is InChI=1S/C13H13NO2/c1-10-7-8-14-9-13(10)16-12-5-3-11(15-2)4-6-12/h3-9H,1-2H3. The lowest BCUT2D eigenvalue weighted by Gasteiger charge is -2.08. The van der Waals surface area contributed by atoms with Crippen LogP contribution in [0.1, 0.15) is 5.56 Å². The second-order valence-corrected chi connectivity index (χ2v) is 3.42. The van der Waals surface area contributed by atoms with E-state index in [1.807, 2.05) is 37.3 Å². The number of rotatable bonds is 3. The third-order valence-electron chi connectivity index (χ3n) is 2.28. The first-order chi connectivity index (χ1) is 7.79. The summed E-state index contributed by atoms with van der Waals surface area (Å²) in [5.74, 6) is 2.36. The van der Waals surface area contributed by atoms with Crippen LogP contribution in [0.5, 0.6) is 17.2 Å². The molecule has 16 heavy (non-hydrogen) atoms. The van der Waals surface area contributed by atoms with Crippen molar-refractivity contribution < 1.29 is 9.47 Å². The summed E-state index contributed by atoms with van der Waals surface area (Å²) >= 11 is 0. The van der Waals surface area contributed by atoms with Gasteiger partial charge in [0.25, 0.3) is 0 Å². The Labute approximate surface area is 94.7 Å². The minimum Gasteiger partial charge on any atom is -0.497 e. The van der Waals surface area contributed by atoms with Crippen molar-refractivity contribution in [1.82, 2.24) is 4.98 Å². The normalized spacial score (nSPS) is 9.88. The van der Waals surface area contributed by atoms with Crippen molar-refractivity contribution in [2.24, 2.45) is 0 Å². The molecule has 0 atom stereocenters. The summed E-state index contributed by atoms with van der Waals surface area (Å²) in [6.45, 7) is 1.99. The van der Waals surface area contributed by atoms with Crippen LogP contribution in [0.2, 0.25) is 0 Å². The van der Waals surface area contributed by atoms with E-state index in [0.29, 0.717) is 0 Å². The first-order valence-corrected chi connectivity index (χ1v) is 5.02. The lowest BCUT2D eigenvalue weighted by atomic mass is 10.3. The van der Waals surface area contributed by atoms with Crippen molar-refractivity contribution in [1.29, 1.82) is 0 Å². The van der Waals surface area contributed by atoms with Crippen LogP contribution in [0.15, 0.2) is 42.7 Å². The zero-order valence-corrected chi connectivity index (χ0v) is 9.31. The van der Waals surface area contributed by atoms with Crippen molar-refractivity contribution >= 4 is 0 Å². The third-order valence-corrected chi connectivity index (χ3v) is 2.28. The highest BCUT2D eigenvalue weighted by Gasteiger charge is 2.00. The molecule has 1 aromatic heterocycles. The monoisotopic (exact) mass is 215 g/mol. The molecular formula is C13H13NO2. The molecule has 0 aliphatic carbocycles. The molecule has 0 radical (unpaired) electrons.